The Hall–Kier alpha value is 0.0400. The zero-order chi connectivity index (χ0) is 11.2. The number of rotatable bonds is 7. The lowest BCUT2D eigenvalue weighted by Crippen LogP contribution is -1.98. The Bertz CT molecular complexity index is 269. The summed E-state index contributed by atoms with van der Waals surface area (Å²) in [5.41, 5.74) is 0. The Balaban J connectivity index is 3.69. The van der Waals surface area contributed by atoms with Gasteiger partial charge in [-0.3, -0.25) is 9.13 Å². The van der Waals surface area contributed by atoms with Gasteiger partial charge in [-0.2, -0.15) is 0 Å². The van der Waals surface area contributed by atoms with Crippen LogP contribution in [0.2, 0.25) is 0 Å². The van der Waals surface area contributed by atoms with Crippen molar-refractivity contribution in [3.63, 3.8) is 0 Å². The zero-order valence-corrected chi connectivity index (χ0v) is 9.36. The van der Waals surface area contributed by atoms with E-state index in [1.807, 2.05) is 0 Å². The first kappa shape index (κ1) is 14.0. The first-order chi connectivity index (χ1) is 6.27. The van der Waals surface area contributed by atoms with E-state index < -0.39 is 15.2 Å². The SMILES string of the molecule is C=CCP(=O)(O)OCCCP(=O)(O)O. The summed E-state index contributed by atoms with van der Waals surface area (Å²) in [6.07, 6.45) is 0.791. The standard InChI is InChI=1S/C6H14O6P2/c1-2-5-14(10,11)12-4-3-6-13(7,8)9/h2H,1,3-6H2,(H,10,11)(H2,7,8,9). The lowest BCUT2D eigenvalue weighted by atomic mass is 10.5. The van der Waals surface area contributed by atoms with Crippen molar-refractivity contribution >= 4 is 15.2 Å². The van der Waals surface area contributed by atoms with Crippen LogP contribution in [0.15, 0.2) is 12.7 Å². The highest BCUT2D eigenvalue weighted by Crippen LogP contribution is 2.42. The highest BCUT2D eigenvalue weighted by molar-refractivity contribution is 7.53. The van der Waals surface area contributed by atoms with Gasteiger partial charge in [-0.1, -0.05) is 6.08 Å². The maximum atomic E-state index is 11.0. The molecule has 0 amide bonds. The predicted octanol–water partition coefficient (Wildman–Crippen LogP) is 0.942. The van der Waals surface area contributed by atoms with Crippen molar-refractivity contribution in [2.24, 2.45) is 0 Å². The van der Waals surface area contributed by atoms with E-state index in [1.54, 1.807) is 0 Å². The Morgan fingerprint density at radius 1 is 1.29 bits per heavy atom. The molecular formula is C6H14O6P2. The van der Waals surface area contributed by atoms with Crippen LogP contribution >= 0.6 is 15.2 Å². The van der Waals surface area contributed by atoms with Gasteiger partial charge in [0.1, 0.15) is 0 Å². The van der Waals surface area contributed by atoms with Crippen LogP contribution in [-0.2, 0) is 13.7 Å². The molecule has 0 saturated heterocycles. The largest absolute Gasteiger partial charge is 0.331 e. The molecule has 0 heterocycles. The van der Waals surface area contributed by atoms with Crippen molar-refractivity contribution in [2.75, 3.05) is 18.9 Å². The van der Waals surface area contributed by atoms with Crippen molar-refractivity contribution in [1.82, 2.24) is 0 Å². The molecule has 0 aromatic rings. The predicted molar refractivity (Wildman–Crippen MR) is 52.4 cm³/mol. The van der Waals surface area contributed by atoms with Crippen LogP contribution in [0.1, 0.15) is 6.42 Å². The molecule has 1 unspecified atom stereocenters. The Labute approximate surface area is 82.3 Å². The van der Waals surface area contributed by atoms with E-state index in [0.717, 1.165) is 0 Å². The number of hydrogen-bond donors (Lipinski definition) is 3. The van der Waals surface area contributed by atoms with Crippen molar-refractivity contribution in [3.05, 3.63) is 12.7 Å². The molecule has 14 heavy (non-hydrogen) atoms. The lowest BCUT2D eigenvalue weighted by Gasteiger charge is -2.09. The van der Waals surface area contributed by atoms with Crippen LogP contribution in [0.25, 0.3) is 0 Å². The molecule has 0 saturated carbocycles. The molecule has 0 bridgehead atoms. The van der Waals surface area contributed by atoms with E-state index >= 15 is 0 Å². The average Bonchev–Trinajstić information content (AvgIpc) is 1.96. The molecule has 1 atom stereocenters. The van der Waals surface area contributed by atoms with Crippen LogP contribution in [0.3, 0.4) is 0 Å². The Morgan fingerprint density at radius 2 is 1.86 bits per heavy atom. The van der Waals surface area contributed by atoms with E-state index in [1.165, 1.54) is 6.08 Å². The number of allylic oxidation sites excluding steroid dienone is 1. The minimum absolute atomic E-state index is 0.0476. The highest BCUT2D eigenvalue weighted by Gasteiger charge is 2.18. The van der Waals surface area contributed by atoms with Crippen LogP contribution in [0.4, 0.5) is 0 Å². The fourth-order valence-corrected chi connectivity index (χ4v) is 2.08. The van der Waals surface area contributed by atoms with Gasteiger partial charge in [-0.25, -0.2) is 0 Å². The molecule has 0 fully saturated rings. The molecule has 6 nitrogen and oxygen atoms in total. The van der Waals surface area contributed by atoms with Crippen molar-refractivity contribution < 1.29 is 28.3 Å². The Kier molecular flexibility index (Phi) is 5.83. The zero-order valence-electron chi connectivity index (χ0n) is 7.57. The topological polar surface area (TPSA) is 104 Å². The molecule has 0 aromatic heterocycles. The third-order valence-corrected chi connectivity index (χ3v) is 3.45. The molecule has 8 heteroatoms. The molecule has 0 aliphatic rings. The van der Waals surface area contributed by atoms with Gasteiger partial charge in [0, 0.05) is 0 Å². The summed E-state index contributed by atoms with van der Waals surface area (Å²) in [7, 11) is -7.68. The highest BCUT2D eigenvalue weighted by atomic mass is 31.2. The summed E-state index contributed by atoms with van der Waals surface area (Å²) in [5, 5.41) is 0. The lowest BCUT2D eigenvalue weighted by molar-refractivity contribution is 0.259. The van der Waals surface area contributed by atoms with E-state index in [2.05, 4.69) is 11.1 Å². The second-order valence-corrected chi connectivity index (χ2v) is 6.36. The van der Waals surface area contributed by atoms with Crippen LogP contribution in [0, 0.1) is 0 Å². The molecule has 0 aliphatic heterocycles. The van der Waals surface area contributed by atoms with Gasteiger partial charge < -0.3 is 19.2 Å². The van der Waals surface area contributed by atoms with Gasteiger partial charge in [-0.15, -0.1) is 6.58 Å². The molecular weight excluding hydrogens is 230 g/mol. The van der Waals surface area contributed by atoms with Crippen LogP contribution < -0.4 is 0 Å². The quantitative estimate of drug-likeness (QED) is 0.350. The Morgan fingerprint density at radius 3 is 2.29 bits per heavy atom. The van der Waals surface area contributed by atoms with E-state index in [9.17, 15) is 9.13 Å². The van der Waals surface area contributed by atoms with Gasteiger partial charge in [0.25, 0.3) is 0 Å². The third-order valence-electron chi connectivity index (χ3n) is 1.25. The van der Waals surface area contributed by atoms with Gasteiger partial charge in [0.15, 0.2) is 0 Å². The minimum Gasteiger partial charge on any atom is -0.324 e. The van der Waals surface area contributed by atoms with Gasteiger partial charge in [0.05, 0.1) is 18.9 Å². The summed E-state index contributed by atoms with van der Waals surface area (Å²) >= 11 is 0. The van der Waals surface area contributed by atoms with Crippen molar-refractivity contribution in [2.45, 2.75) is 6.42 Å². The maximum absolute atomic E-state index is 11.0. The first-order valence-corrected chi connectivity index (χ1v) is 7.45. The summed E-state index contributed by atoms with van der Waals surface area (Å²) in [6.45, 7) is 3.13. The summed E-state index contributed by atoms with van der Waals surface area (Å²) in [6, 6.07) is 0. The molecule has 3 N–H and O–H groups in total. The van der Waals surface area contributed by atoms with Gasteiger partial charge >= 0.3 is 15.2 Å². The summed E-state index contributed by atoms with van der Waals surface area (Å²) in [4.78, 5) is 25.9. The summed E-state index contributed by atoms with van der Waals surface area (Å²) < 4.78 is 25.9. The van der Waals surface area contributed by atoms with Crippen molar-refractivity contribution in [3.8, 4) is 0 Å². The third kappa shape index (κ3) is 8.63. The smallest absolute Gasteiger partial charge is 0.324 e. The molecule has 0 rings (SSSR count). The van der Waals surface area contributed by atoms with E-state index in [0.29, 0.717) is 0 Å². The first-order valence-electron chi connectivity index (χ1n) is 3.89. The monoisotopic (exact) mass is 244 g/mol. The normalized spacial score (nSPS) is 16.2. The van der Waals surface area contributed by atoms with Crippen LogP contribution in [-0.4, -0.2) is 33.6 Å². The molecule has 0 aliphatic carbocycles. The van der Waals surface area contributed by atoms with E-state index in [4.69, 9.17) is 14.7 Å². The van der Waals surface area contributed by atoms with Crippen LogP contribution in [0.5, 0.6) is 0 Å². The molecule has 0 aromatic carbocycles. The second-order valence-electron chi connectivity index (χ2n) is 2.68. The van der Waals surface area contributed by atoms with Gasteiger partial charge in [0.2, 0.25) is 0 Å². The molecule has 0 radical (unpaired) electrons. The fourth-order valence-electron chi connectivity index (χ4n) is 0.694. The fraction of sp³-hybridized carbons (Fsp3) is 0.667. The van der Waals surface area contributed by atoms with Crippen molar-refractivity contribution in [1.29, 1.82) is 0 Å². The summed E-state index contributed by atoms with van der Waals surface area (Å²) in [5.74, 6) is 0. The minimum atomic E-state index is -4.03. The average molecular weight is 244 g/mol. The molecule has 0 spiro atoms. The van der Waals surface area contributed by atoms with Gasteiger partial charge in [-0.05, 0) is 6.42 Å². The maximum Gasteiger partial charge on any atom is 0.331 e. The second kappa shape index (κ2) is 5.81. The molecule has 84 valence electrons. The van der Waals surface area contributed by atoms with E-state index in [-0.39, 0.29) is 25.4 Å². The number of hydrogen-bond acceptors (Lipinski definition) is 3.